The summed E-state index contributed by atoms with van der Waals surface area (Å²) in [7, 11) is 0. The van der Waals surface area contributed by atoms with Crippen molar-refractivity contribution in [3.8, 4) is 0 Å². The highest BCUT2D eigenvalue weighted by atomic mass is 32.2. The normalized spacial score (nSPS) is 10.8. The Morgan fingerprint density at radius 2 is 2.11 bits per heavy atom. The minimum atomic E-state index is -0.116. The first-order valence-corrected chi connectivity index (χ1v) is 7.61. The Morgan fingerprint density at radius 1 is 1.32 bits per heavy atom. The van der Waals surface area contributed by atoms with Crippen LogP contribution in [0.25, 0.3) is 0 Å². The standard InChI is InChI=1S/C14H19N3OS/c1-2-3-11-19-14-16-15-13(18)17(14)10-9-12-7-5-4-6-8-12/h4-8H,2-3,9-11H2,1H3,(H,15,18). The van der Waals surface area contributed by atoms with Gasteiger partial charge in [0, 0.05) is 12.3 Å². The summed E-state index contributed by atoms with van der Waals surface area (Å²) in [4.78, 5) is 11.7. The molecule has 0 aliphatic heterocycles. The zero-order valence-electron chi connectivity index (χ0n) is 11.1. The van der Waals surface area contributed by atoms with Crippen LogP contribution in [0.2, 0.25) is 0 Å². The Bertz CT molecular complexity index is 547. The summed E-state index contributed by atoms with van der Waals surface area (Å²) in [6.45, 7) is 2.83. The largest absolute Gasteiger partial charge is 0.343 e. The van der Waals surface area contributed by atoms with Crippen LogP contribution in [0.4, 0.5) is 0 Å². The van der Waals surface area contributed by atoms with Gasteiger partial charge in [-0.05, 0) is 18.4 Å². The molecule has 102 valence electrons. The van der Waals surface area contributed by atoms with Crippen molar-refractivity contribution in [1.29, 1.82) is 0 Å². The predicted molar refractivity (Wildman–Crippen MR) is 78.6 cm³/mol. The maximum atomic E-state index is 11.7. The monoisotopic (exact) mass is 277 g/mol. The molecule has 0 fully saturated rings. The van der Waals surface area contributed by atoms with Crippen molar-refractivity contribution in [3.63, 3.8) is 0 Å². The van der Waals surface area contributed by atoms with E-state index in [4.69, 9.17) is 0 Å². The number of aromatic amines is 1. The number of hydrogen-bond acceptors (Lipinski definition) is 3. The van der Waals surface area contributed by atoms with E-state index < -0.39 is 0 Å². The summed E-state index contributed by atoms with van der Waals surface area (Å²) < 4.78 is 1.73. The van der Waals surface area contributed by atoms with Crippen LogP contribution in [0.3, 0.4) is 0 Å². The SMILES string of the molecule is CCCCSc1n[nH]c(=O)n1CCc1ccccc1. The Labute approximate surface area is 117 Å². The van der Waals surface area contributed by atoms with Crippen molar-refractivity contribution in [2.75, 3.05) is 5.75 Å². The number of H-pyrrole nitrogens is 1. The summed E-state index contributed by atoms with van der Waals surface area (Å²) in [6, 6.07) is 10.2. The van der Waals surface area contributed by atoms with Gasteiger partial charge in [0.15, 0.2) is 5.16 Å². The first-order valence-electron chi connectivity index (χ1n) is 6.63. The van der Waals surface area contributed by atoms with Crippen LogP contribution in [0.1, 0.15) is 25.3 Å². The molecule has 1 aromatic carbocycles. The van der Waals surface area contributed by atoms with Gasteiger partial charge >= 0.3 is 5.69 Å². The Hall–Kier alpha value is -1.49. The lowest BCUT2D eigenvalue weighted by Gasteiger charge is -2.05. The van der Waals surface area contributed by atoms with Crippen molar-refractivity contribution in [3.05, 3.63) is 46.4 Å². The lowest BCUT2D eigenvalue weighted by Crippen LogP contribution is -2.18. The maximum absolute atomic E-state index is 11.7. The third-order valence-corrected chi connectivity index (χ3v) is 3.98. The van der Waals surface area contributed by atoms with Crippen LogP contribution in [0.5, 0.6) is 0 Å². The summed E-state index contributed by atoms with van der Waals surface area (Å²) in [6.07, 6.45) is 3.15. The van der Waals surface area contributed by atoms with Gasteiger partial charge < -0.3 is 0 Å². The first kappa shape index (κ1) is 13.9. The van der Waals surface area contributed by atoms with Crippen molar-refractivity contribution < 1.29 is 0 Å². The Morgan fingerprint density at radius 3 is 2.84 bits per heavy atom. The quantitative estimate of drug-likeness (QED) is 0.625. The molecule has 1 heterocycles. The number of unbranched alkanes of at least 4 members (excludes halogenated alkanes) is 1. The second kappa shape index (κ2) is 7.19. The molecule has 1 aromatic heterocycles. The van der Waals surface area contributed by atoms with E-state index in [2.05, 4.69) is 29.3 Å². The molecule has 2 rings (SSSR count). The van der Waals surface area contributed by atoms with Gasteiger partial charge in [-0.3, -0.25) is 4.57 Å². The van der Waals surface area contributed by atoms with Crippen molar-refractivity contribution in [2.45, 2.75) is 37.9 Å². The fourth-order valence-corrected chi connectivity index (χ4v) is 2.86. The van der Waals surface area contributed by atoms with Gasteiger partial charge in [-0.1, -0.05) is 55.4 Å². The van der Waals surface area contributed by atoms with Crippen LogP contribution in [-0.2, 0) is 13.0 Å². The molecule has 0 radical (unpaired) electrons. The number of rotatable bonds is 7. The number of hydrogen-bond donors (Lipinski definition) is 1. The molecule has 0 unspecified atom stereocenters. The topological polar surface area (TPSA) is 50.7 Å². The summed E-state index contributed by atoms with van der Waals surface area (Å²) in [5.74, 6) is 1.01. The molecule has 0 saturated heterocycles. The van der Waals surface area contributed by atoms with E-state index in [0.29, 0.717) is 6.54 Å². The minimum absolute atomic E-state index is 0.116. The number of aryl methyl sites for hydroxylation is 1. The molecule has 0 aliphatic rings. The molecule has 19 heavy (non-hydrogen) atoms. The zero-order valence-corrected chi connectivity index (χ0v) is 11.9. The maximum Gasteiger partial charge on any atom is 0.343 e. The van der Waals surface area contributed by atoms with E-state index >= 15 is 0 Å². The summed E-state index contributed by atoms with van der Waals surface area (Å²) in [5, 5.41) is 7.43. The van der Waals surface area contributed by atoms with E-state index in [1.165, 1.54) is 5.56 Å². The van der Waals surface area contributed by atoms with E-state index in [0.717, 1.165) is 30.2 Å². The summed E-state index contributed by atoms with van der Waals surface area (Å²) >= 11 is 1.65. The highest BCUT2D eigenvalue weighted by molar-refractivity contribution is 7.99. The molecule has 0 atom stereocenters. The third-order valence-electron chi connectivity index (χ3n) is 2.92. The number of nitrogens with zero attached hydrogens (tertiary/aromatic N) is 2. The van der Waals surface area contributed by atoms with Crippen LogP contribution in [0, 0.1) is 0 Å². The molecule has 0 saturated carbocycles. The van der Waals surface area contributed by atoms with E-state index in [-0.39, 0.29) is 5.69 Å². The number of aromatic nitrogens is 3. The van der Waals surface area contributed by atoms with Gasteiger partial charge in [-0.15, -0.1) is 5.10 Å². The second-order valence-corrected chi connectivity index (χ2v) is 5.46. The van der Waals surface area contributed by atoms with Gasteiger partial charge in [0.1, 0.15) is 0 Å². The lowest BCUT2D eigenvalue weighted by molar-refractivity contribution is 0.615. The Kier molecular flexibility index (Phi) is 5.27. The van der Waals surface area contributed by atoms with E-state index in [1.54, 1.807) is 16.3 Å². The minimum Gasteiger partial charge on any atom is -0.270 e. The van der Waals surface area contributed by atoms with Crippen molar-refractivity contribution in [2.24, 2.45) is 0 Å². The molecular weight excluding hydrogens is 258 g/mol. The fraction of sp³-hybridized carbons (Fsp3) is 0.429. The smallest absolute Gasteiger partial charge is 0.270 e. The Balaban J connectivity index is 1.99. The number of nitrogens with one attached hydrogen (secondary N) is 1. The molecule has 0 aliphatic carbocycles. The number of thioether (sulfide) groups is 1. The first-order chi connectivity index (χ1) is 9.31. The van der Waals surface area contributed by atoms with Gasteiger partial charge in [0.2, 0.25) is 0 Å². The van der Waals surface area contributed by atoms with Gasteiger partial charge in [-0.25, -0.2) is 9.89 Å². The van der Waals surface area contributed by atoms with Crippen molar-refractivity contribution >= 4 is 11.8 Å². The highest BCUT2D eigenvalue weighted by Gasteiger charge is 2.08. The zero-order chi connectivity index (χ0) is 13.5. The highest BCUT2D eigenvalue weighted by Crippen LogP contribution is 2.15. The summed E-state index contributed by atoms with van der Waals surface area (Å²) in [5.41, 5.74) is 1.12. The molecule has 0 amide bonds. The average Bonchev–Trinajstić information content (AvgIpc) is 2.79. The van der Waals surface area contributed by atoms with Gasteiger partial charge in [0.25, 0.3) is 0 Å². The fourth-order valence-electron chi connectivity index (χ4n) is 1.80. The lowest BCUT2D eigenvalue weighted by atomic mass is 10.1. The van der Waals surface area contributed by atoms with Crippen LogP contribution in [0.15, 0.2) is 40.3 Å². The van der Waals surface area contributed by atoms with Crippen LogP contribution in [-0.4, -0.2) is 20.5 Å². The van der Waals surface area contributed by atoms with Crippen LogP contribution >= 0.6 is 11.8 Å². The van der Waals surface area contributed by atoms with Gasteiger partial charge in [0.05, 0.1) is 0 Å². The van der Waals surface area contributed by atoms with Crippen molar-refractivity contribution in [1.82, 2.24) is 14.8 Å². The molecule has 1 N–H and O–H groups in total. The molecule has 4 nitrogen and oxygen atoms in total. The average molecular weight is 277 g/mol. The predicted octanol–water partition coefficient (Wildman–Crippen LogP) is 2.71. The molecule has 5 heteroatoms. The van der Waals surface area contributed by atoms with E-state index in [1.807, 2.05) is 18.2 Å². The van der Waals surface area contributed by atoms with Gasteiger partial charge in [-0.2, -0.15) is 0 Å². The molecule has 0 bridgehead atoms. The molecule has 2 aromatic rings. The molecular formula is C14H19N3OS. The molecule has 0 spiro atoms. The van der Waals surface area contributed by atoms with Crippen LogP contribution < -0.4 is 5.69 Å². The third kappa shape index (κ3) is 3.99. The second-order valence-electron chi connectivity index (χ2n) is 4.40. The van der Waals surface area contributed by atoms with E-state index in [9.17, 15) is 4.79 Å². The number of benzene rings is 1.